The number of rotatable bonds is 7. The molecule has 0 saturated carbocycles. The van der Waals surface area contributed by atoms with Gasteiger partial charge >= 0.3 is 0 Å². The van der Waals surface area contributed by atoms with E-state index in [1.807, 2.05) is 6.92 Å². The van der Waals surface area contributed by atoms with Gasteiger partial charge in [0.1, 0.15) is 5.94 Å². The number of aliphatic hydroxyl groups is 1. The number of hydrogen-bond donors (Lipinski definition) is 2. The van der Waals surface area contributed by atoms with Crippen molar-refractivity contribution >= 4 is 18.5 Å². The fourth-order valence-electron chi connectivity index (χ4n) is 0.988. The van der Waals surface area contributed by atoms with Gasteiger partial charge in [0.15, 0.2) is 5.90 Å². The molecule has 0 spiro atoms. The lowest BCUT2D eigenvalue weighted by atomic mass is 10.1. The minimum Gasteiger partial charge on any atom is -0.470 e. The summed E-state index contributed by atoms with van der Waals surface area (Å²) in [5.74, 6) is 1.15. The zero-order valence-electron chi connectivity index (χ0n) is 8.77. The van der Waals surface area contributed by atoms with E-state index in [1.54, 1.807) is 7.11 Å². The molecule has 0 bridgehead atoms. The second-order valence-electron chi connectivity index (χ2n) is 2.90. The second kappa shape index (κ2) is 9.30. The predicted molar refractivity (Wildman–Crippen MR) is 60.0 cm³/mol. The van der Waals surface area contributed by atoms with Crippen LogP contribution in [0, 0.1) is 5.92 Å². The van der Waals surface area contributed by atoms with Gasteiger partial charge in [-0.05, 0) is 6.42 Å². The van der Waals surface area contributed by atoms with E-state index in [-0.39, 0.29) is 12.5 Å². The van der Waals surface area contributed by atoms with Crippen LogP contribution in [0.25, 0.3) is 0 Å². The van der Waals surface area contributed by atoms with Crippen LogP contribution in [0.3, 0.4) is 0 Å². The Morgan fingerprint density at radius 3 is 2.79 bits per heavy atom. The summed E-state index contributed by atoms with van der Waals surface area (Å²) in [4.78, 5) is 4.12. The molecule has 4 nitrogen and oxygen atoms in total. The molecule has 0 aliphatic rings. The molecule has 0 aromatic heterocycles. The van der Waals surface area contributed by atoms with Gasteiger partial charge in [-0.25, -0.2) is 0 Å². The lowest BCUT2D eigenvalue weighted by Crippen LogP contribution is -2.17. The first-order valence-corrected chi connectivity index (χ1v) is 5.27. The Kier molecular flexibility index (Phi) is 9.13. The van der Waals surface area contributed by atoms with E-state index in [2.05, 4.69) is 17.6 Å². The number of aliphatic hydroxyl groups excluding tert-OH is 1. The van der Waals surface area contributed by atoms with Crippen LogP contribution >= 0.6 is 12.6 Å². The molecule has 0 amide bonds. The van der Waals surface area contributed by atoms with E-state index in [1.165, 1.54) is 0 Å². The monoisotopic (exact) mass is 221 g/mol. The fourth-order valence-corrected chi connectivity index (χ4v) is 1.12. The third-order valence-corrected chi connectivity index (χ3v) is 1.89. The maximum Gasteiger partial charge on any atom is 0.187 e. The molecule has 0 aliphatic carbocycles. The summed E-state index contributed by atoms with van der Waals surface area (Å²) in [5.41, 5.74) is 0. The van der Waals surface area contributed by atoms with Crippen molar-refractivity contribution in [2.75, 3.05) is 32.8 Å². The zero-order valence-corrected chi connectivity index (χ0v) is 9.67. The molecule has 0 aromatic carbocycles. The molecule has 1 N–H and O–H groups in total. The van der Waals surface area contributed by atoms with Gasteiger partial charge in [-0.1, -0.05) is 6.92 Å². The maximum atomic E-state index is 8.63. The summed E-state index contributed by atoms with van der Waals surface area (Å²) in [6, 6.07) is 0. The van der Waals surface area contributed by atoms with Crippen molar-refractivity contribution < 1.29 is 14.6 Å². The van der Waals surface area contributed by atoms with Gasteiger partial charge in [0.05, 0.1) is 13.2 Å². The first kappa shape index (κ1) is 13.7. The smallest absolute Gasteiger partial charge is 0.187 e. The summed E-state index contributed by atoms with van der Waals surface area (Å²) in [5, 5.41) is 8.63. The lowest BCUT2D eigenvalue weighted by Gasteiger charge is -2.14. The van der Waals surface area contributed by atoms with Crippen LogP contribution in [0.15, 0.2) is 4.99 Å². The van der Waals surface area contributed by atoms with Gasteiger partial charge in [0, 0.05) is 19.6 Å². The molecule has 0 heterocycles. The summed E-state index contributed by atoms with van der Waals surface area (Å²) < 4.78 is 10.2. The first-order valence-electron chi connectivity index (χ1n) is 4.64. The molecular weight excluding hydrogens is 202 g/mol. The molecule has 84 valence electrons. The normalized spacial score (nSPS) is 14.1. The van der Waals surface area contributed by atoms with Crippen LogP contribution in [-0.2, 0) is 9.47 Å². The van der Waals surface area contributed by atoms with Gasteiger partial charge in [-0.2, -0.15) is 0 Å². The van der Waals surface area contributed by atoms with Gasteiger partial charge in [-0.15, -0.1) is 12.6 Å². The van der Waals surface area contributed by atoms with E-state index in [4.69, 9.17) is 14.6 Å². The molecule has 14 heavy (non-hydrogen) atoms. The molecule has 0 fully saturated rings. The van der Waals surface area contributed by atoms with E-state index in [0.29, 0.717) is 25.0 Å². The van der Waals surface area contributed by atoms with Crippen LogP contribution in [0.2, 0.25) is 0 Å². The van der Waals surface area contributed by atoms with E-state index in [0.717, 1.165) is 6.42 Å². The van der Waals surface area contributed by atoms with Crippen molar-refractivity contribution in [3.63, 3.8) is 0 Å². The molecule has 5 heteroatoms. The van der Waals surface area contributed by atoms with Crippen LogP contribution in [-0.4, -0.2) is 43.8 Å². The molecule has 0 aromatic rings. The molecule has 1 unspecified atom stereocenters. The summed E-state index contributed by atoms with van der Waals surface area (Å²) in [7, 11) is 1.66. The number of methoxy groups -OCH3 is 1. The largest absolute Gasteiger partial charge is 0.470 e. The highest BCUT2D eigenvalue weighted by molar-refractivity contribution is 7.80. The third kappa shape index (κ3) is 6.23. The van der Waals surface area contributed by atoms with Gasteiger partial charge in [-0.3, -0.25) is 4.99 Å². The Hall–Kier alpha value is -0.260. The highest BCUT2D eigenvalue weighted by atomic mass is 32.1. The maximum absolute atomic E-state index is 8.63. The minimum atomic E-state index is 0.0381. The van der Waals surface area contributed by atoms with Crippen molar-refractivity contribution in [2.45, 2.75) is 13.3 Å². The average Bonchev–Trinajstić information content (AvgIpc) is 2.20. The summed E-state index contributed by atoms with van der Waals surface area (Å²) in [6.07, 6.45) is 0.856. The quantitative estimate of drug-likeness (QED) is 0.291. The Morgan fingerprint density at radius 2 is 2.29 bits per heavy atom. The van der Waals surface area contributed by atoms with E-state index in [9.17, 15) is 0 Å². The first-order chi connectivity index (χ1) is 6.76. The number of aliphatic imine (C=N–C) groups is 1. The Bertz CT molecular complexity index is 164. The topological polar surface area (TPSA) is 51.0 Å². The Balaban J connectivity index is 4.03. The van der Waals surface area contributed by atoms with Crippen LogP contribution in [0.1, 0.15) is 13.3 Å². The van der Waals surface area contributed by atoms with Crippen molar-refractivity contribution in [2.24, 2.45) is 10.9 Å². The molecule has 0 saturated heterocycles. The van der Waals surface area contributed by atoms with Crippen molar-refractivity contribution in [1.29, 1.82) is 0 Å². The Morgan fingerprint density at radius 1 is 1.57 bits per heavy atom. The number of thiol groups is 1. The van der Waals surface area contributed by atoms with Gasteiger partial charge < -0.3 is 14.6 Å². The molecule has 0 radical (unpaired) electrons. The molecule has 0 aliphatic heterocycles. The van der Waals surface area contributed by atoms with E-state index < -0.39 is 0 Å². The van der Waals surface area contributed by atoms with Gasteiger partial charge in [0.25, 0.3) is 0 Å². The second-order valence-corrected chi connectivity index (χ2v) is 3.16. The average molecular weight is 221 g/mol. The SMILES string of the molecule is COCCC(C)/C(=N/CCO)OCS. The third-order valence-electron chi connectivity index (χ3n) is 1.76. The fraction of sp³-hybridized carbons (Fsp3) is 0.889. The molecule has 1 atom stereocenters. The zero-order chi connectivity index (χ0) is 10.8. The van der Waals surface area contributed by atoms with Crippen LogP contribution in [0.4, 0.5) is 0 Å². The van der Waals surface area contributed by atoms with Gasteiger partial charge in [0.2, 0.25) is 0 Å². The summed E-state index contributed by atoms with van der Waals surface area (Å²) >= 11 is 3.97. The minimum absolute atomic E-state index is 0.0381. The van der Waals surface area contributed by atoms with Crippen molar-refractivity contribution in [3.8, 4) is 0 Å². The highest BCUT2D eigenvalue weighted by Gasteiger charge is 2.11. The van der Waals surface area contributed by atoms with Crippen LogP contribution < -0.4 is 0 Å². The standard InChI is InChI=1S/C9H19NO3S/c1-8(3-6-12-2)9(13-7-14)10-4-5-11/h8,11,14H,3-7H2,1-2H3/b10-9-. The molecule has 0 rings (SSSR count). The van der Waals surface area contributed by atoms with Crippen LogP contribution in [0.5, 0.6) is 0 Å². The number of hydrogen-bond acceptors (Lipinski definition) is 5. The highest BCUT2D eigenvalue weighted by Crippen LogP contribution is 2.07. The Labute approximate surface area is 90.7 Å². The lowest BCUT2D eigenvalue weighted by molar-refractivity contribution is 0.184. The summed E-state index contributed by atoms with van der Waals surface area (Å²) in [6.45, 7) is 3.10. The van der Waals surface area contributed by atoms with Crippen molar-refractivity contribution in [1.82, 2.24) is 0 Å². The number of ether oxygens (including phenoxy) is 2. The van der Waals surface area contributed by atoms with Crippen molar-refractivity contribution in [3.05, 3.63) is 0 Å². The number of nitrogens with zero attached hydrogens (tertiary/aromatic N) is 1. The predicted octanol–water partition coefficient (Wildman–Crippen LogP) is 0.954. The van der Waals surface area contributed by atoms with E-state index >= 15 is 0 Å². The molecular formula is C9H19NO3S.